The van der Waals surface area contributed by atoms with E-state index in [4.69, 9.17) is 0 Å². The van der Waals surface area contributed by atoms with Crippen molar-refractivity contribution in [3.05, 3.63) is 0 Å². The molecule has 0 fully saturated rings. The van der Waals surface area contributed by atoms with Crippen molar-refractivity contribution in [1.82, 2.24) is 0 Å². The van der Waals surface area contributed by atoms with E-state index in [-0.39, 0.29) is 7.43 Å². The highest BCUT2D eigenvalue weighted by Crippen LogP contribution is 2.27. The number of unbranched alkanes of at least 4 members (excludes halogenated alkanes) is 2. The van der Waals surface area contributed by atoms with Gasteiger partial charge in [-0.15, -0.1) is 0 Å². The summed E-state index contributed by atoms with van der Waals surface area (Å²) < 4.78 is 0. The van der Waals surface area contributed by atoms with Gasteiger partial charge in [0.2, 0.25) is 0 Å². The molecule has 0 rings (SSSR count). The average Bonchev–Trinajstić information content (AvgIpc) is 2.59. The van der Waals surface area contributed by atoms with Crippen LogP contribution >= 0.6 is 0 Å². The van der Waals surface area contributed by atoms with E-state index in [1.54, 1.807) is 0 Å². The second-order valence-electron chi connectivity index (χ2n) is 8.55. The summed E-state index contributed by atoms with van der Waals surface area (Å²) in [6.07, 6.45) is 14.0. The molecule has 0 aromatic rings. The Balaban J connectivity index is -0.000000136. The summed E-state index contributed by atoms with van der Waals surface area (Å²) in [5.74, 6) is 3.69. The smallest absolute Gasteiger partial charge is 0.0391 e. The van der Waals surface area contributed by atoms with Crippen LogP contribution in [-0.2, 0) is 0 Å². The molecule has 0 heteroatoms. The van der Waals surface area contributed by atoms with Crippen molar-refractivity contribution in [2.75, 3.05) is 0 Å². The first-order chi connectivity index (χ1) is 12.3. The van der Waals surface area contributed by atoms with Gasteiger partial charge in [-0.25, -0.2) is 0 Å². The Kier molecular flexibility index (Phi) is 46.9. The van der Waals surface area contributed by atoms with Crippen LogP contribution in [0.25, 0.3) is 0 Å². The Hall–Kier alpha value is 0. The van der Waals surface area contributed by atoms with Crippen LogP contribution in [-0.4, -0.2) is 0 Å². The molecule has 0 amide bonds. The highest BCUT2D eigenvalue weighted by atomic mass is 14.2. The summed E-state index contributed by atoms with van der Waals surface area (Å²) >= 11 is 0. The van der Waals surface area contributed by atoms with Gasteiger partial charge in [-0.1, -0.05) is 155 Å². The van der Waals surface area contributed by atoms with Crippen LogP contribution < -0.4 is 0 Å². The SMILES string of the molecule is C.CC.CC(C)C.CCC.CCCCCC(C)CCC(C)C(CC)CCC. The van der Waals surface area contributed by atoms with Gasteiger partial charge in [-0.3, -0.25) is 0 Å². The normalized spacial score (nSPS) is 12.8. The van der Waals surface area contributed by atoms with Crippen molar-refractivity contribution in [3.63, 3.8) is 0 Å². The Morgan fingerprint density at radius 2 is 1.04 bits per heavy atom. The van der Waals surface area contributed by atoms with E-state index in [2.05, 4.69) is 69.2 Å². The highest BCUT2D eigenvalue weighted by molar-refractivity contribution is 4.66. The van der Waals surface area contributed by atoms with Gasteiger partial charge in [0.05, 0.1) is 0 Å². The monoisotopic (exact) mass is 389 g/mol. The first-order valence-corrected chi connectivity index (χ1v) is 12.3. The lowest BCUT2D eigenvalue weighted by atomic mass is 9.83. The summed E-state index contributed by atoms with van der Waals surface area (Å²) in [5, 5.41) is 0. The van der Waals surface area contributed by atoms with Crippen molar-refractivity contribution < 1.29 is 0 Å². The molecule has 0 radical (unpaired) electrons. The zero-order valence-corrected chi connectivity index (χ0v) is 21.4. The molecule has 0 aliphatic rings. The second kappa shape index (κ2) is 33.6. The minimum absolute atomic E-state index is 0. The number of rotatable bonds is 11. The molecule has 0 saturated carbocycles. The minimum Gasteiger partial charge on any atom is -0.0776 e. The fraction of sp³-hybridized carbons (Fsp3) is 1.00. The summed E-state index contributed by atoms with van der Waals surface area (Å²) in [6.45, 7) is 26.7. The minimum atomic E-state index is 0. The number of hydrogen-bond acceptors (Lipinski definition) is 0. The fourth-order valence-electron chi connectivity index (χ4n) is 2.93. The molecule has 0 aliphatic carbocycles. The third-order valence-corrected chi connectivity index (χ3v) is 4.40. The largest absolute Gasteiger partial charge is 0.0776 e. The van der Waals surface area contributed by atoms with Crippen molar-refractivity contribution in [3.8, 4) is 0 Å². The van der Waals surface area contributed by atoms with Crippen LogP contribution in [0.5, 0.6) is 0 Å². The molecular formula is C27H64. The van der Waals surface area contributed by atoms with Gasteiger partial charge in [0.25, 0.3) is 0 Å². The molecule has 3 unspecified atom stereocenters. The lowest BCUT2D eigenvalue weighted by Crippen LogP contribution is -2.12. The molecule has 0 saturated heterocycles. The summed E-state index contributed by atoms with van der Waals surface area (Å²) in [5.41, 5.74) is 0. The molecule has 0 heterocycles. The maximum absolute atomic E-state index is 2.47. The lowest BCUT2D eigenvalue weighted by Gasteiger charge is -2.23. The van der Waals surface area contributed by atoms with Crippen molar-refractivity contribution in [2.45, 2.75) is 155 Å². The lowest BCUT2D eigenvalue weighted by molar-refractivity contribution is 0.281. The quantitative estimate of drug-likeness (QED) is 0.309. The van der Waals surface area contributed by atoms with Crippen molar-refractivity contribution in [1.29, 1.82) is 0 Å². The summed E-state index contributed by atoms with van der Waals surface area (Å²) in [6, 6.07) is 0. The third-order valence-electron chi connectivity index (χ3n) is 4.40. The molecule has 0 aromatic heterocycles. The average molecular weight is 389 g/mol. The van der Waals surface area contributed by atoms with Crippen LogP contribution in [0, 0.1) is 23.7 Å². The van der Waals surface area contributed by atoms with Crippen molar-refractivity contribution in [2.24, 2.45) is 23.7 Å². The van der Waals surface area contributed by atoms with Gasteiger partial charge in [0.15, 0.2) is 0 Å². The van der Waals surface area contributed by atoms with Crippen LogP contribution in [0.15, 0.2) is 0 Å². The van der Waals surface area contributed by atoms with E-state index in [9.17, 15) is 0 Å². The van der Waals surface area contributed by atoms with Crippen LogP contribution in [0.1, 0.15) is 155 Å². The Morgan fingerprint density at radius 3 is 1.37 bits per heavy atom. The molecular weight excluding hydrogens is 324 g/mol. The molecule has 0 spiro atoms. The maximum Gasteiger partial charge on any atom is -0.0391 e. The standard InChI is InChI=1S/C17H36.C4H10.C3H8.C2H6.CH4/c1-6-9-10-12-15(4)13-14-16(5)17(8-3)11-7-2;1-4(2)3;1-3-2;1-2;/h15-17H,6-14H2,1-5H3;4H,1-3H3;3H2,1-2H3;1-2H3;1H4. The number of hydrogen-bond donors (Lipinski definition) is 0. The topological polar surface area (TPSA) is 0 Å². The Labute approximate surface area is 178 Å². The maximum atomic E-state index is 2.47. The first kappa shape index (κ1) is 37.7. The van der Waals surface area contributed by atoms with E-state index in [1.807, 2.05) is 13.8 Å². The zero-order valence-electron chi connectivity index (χ0n) is 21.4. The van der Waals surface area contributed by atoms with Gasteiger partial charge in [-0.2, -0.15) is 0 Å². The Morgan fingerprint density at radius 1 is 0.593 bits per heavy atom. The van der Waals surface area contributed by atoms with Gasteiger partial charge in [-0.05, 0) is 23.7 Å². The molecule has 3 atom stereocenters. The summed E-state index contributed by atoms with van der Waals surface area (Å²) in [4.78, 5) is 0. The molecule has 0 aliphatic heterocycles. The van der Waals surface area contributed by atoms with E-state index in [0.717, 1.165) is 23.7 Å². The molecule has 0 nitrogen and oxygen atoms in total. The Bertz CT molecular complexity index is 191. The highest BCUT2D eigenvalue weighted by Gasteiger charge is 2.15. The van der Waals surface area contributed by atoms with Gasteiger partial charge in [0, 0.05) is 0 Å². The van der Waals surface area contributed by atoms with E-state index >= 15 is 0 Å². The second-order valence-corrected chi connectivity index (χ2v) is 8.55. The van der Waals surface area contributed by atoms with Crippen molar-refractivity contribution >= 4 is 0 Å². The molecule has 27 heavy (non-hydrogen) atoms. The van der Waals surface area contributed by atoms with Crippen LogP contribution in [0.2, 0.25) is 0 Å². The summed E-state index contributed by atoms with van der Waals surface area (Å²) in [7, 11) is 0. The van der Waals surface area contributed by atoms with E-state index in [1.165, 1.54) is 64.2 Å². The van der Waals surface area contributed by atoms with Gasteiger partial charge in [0.1, 0.15) is 0 Å². The third kappa shape index (κ3) is 41.5. The molecule has 172 valence electrons. The van der Waals surface area contributed by atoms with E-state index in [0.29, 0.717) is 0 Å². The molecule has 0 aromatic carbocycles. The molecule has 0 bridgehead atoms. The predicted molar refractivity (Wildman–Crippen MR) is 135 cm³/mol. The van der Waals surface area contributed by atoms with Gasteiger partial charge < -0.3 is 0 Å². The first-order valence-electron chi connectivity index (χ1n) is 12.3. The predicted octanol–water partition coefficient (Wildman–Crippen LogP) is 11.2. The molecule has 0 N–H and O–H groups in total. The zero-order chi connectivity index (χ0) is 21.4. The fourth-order valence-corrected chi connectivity index (χ4v) is 2.93. The van der Waals surface area contributed by atoms with Crippen LogP contribution in [0.3, 0.4) is 0 Å². The van der Waals surface area contributed by atoms with E-state index < -0.39 is 0 Å². The van der Waals surface area contributed by atoms with Gasteiger partial charge >= 0.3 is 0 Å². The van der Waals surface area contributed by atoms with Crippen LogP contribution in [0.4, 0.5) is 0 Å².